The standard InChI is InChI=1S/C11H8N4O3S/c16-9(17)2-1-7-3-8(5-12-4-7)10(18)14-11-15-13-6-19-11/h1-6H,(H,16,17)(H,14,15,18)/b2-1+. The van der Waals surface area contributed by atoms with Crippen LogP contribution in [0.3, 0.4) is 0 Å². The van der Waals surface area contributed by atoms with Crippen molar-refractivity contribution in [1.82, 2.24) is 15.2 Å². The Hall–Kier alpha value is -2.61. The molecular weight excluding hydrogens is 268 g/mol. The number of amides is 1. The number of carbonyl (C=O) groups excluding carboxylic acids is 1. The van der Waals surface area contributed by atoms with E-state index in [2.05, 4.69) is 20.5 Å². The second kappa shape index (κ2) is 5.83. The summed E-state index contributed by atoms with van der Waals surface area (Å²) >= 11 is 1.20. The molecule has 96 valence electrons. The van der Waals surface area contributed by atoms with Crippen LogP contribution >= 0.6 is 11.3 Å². The first-order chi connectivity index (χ1) is 9.15. The van der Waals surface area contributed by atoms with Crippen LogP contribution in [0.15, 0.2) is 30.0 Å². The number of nitrogens with zero attached hydrogens (tertiary/aromatic N) is 3. The lowest BCUT2D eigenvalue weighted by Crippen LogP contribution is -2.12. The molecule has 0 fully saturated rings. The molecule has 19 heavy (non-hydrogen) atoms. The van der Waals surface area contributed by atoms with E-state index in [1.807, 2.05) is 0 Å². The van der Waals surface area contributed by atoms with E-state index >= 15 is 0 Å². The molecule has 8 heteroatoms. The van der Waals surface area contributed by atoms with Crippen LogP contribution in [0.4, 0.5) is 5.13 Å². The normalized spacial score (nSPS) is 10.5. The second-order valence-electron chi connectivity index (χ2n) is 3.38. The molecule has 0 aliphatic carbocycles. The highest BCUT2D eigenvalue weighted by Crippen LogP contribution is 2.11. The predicted octanol–water partition coefficient (Wildman–Crippen LogP) is 1.28. The molecule has 2 heterocycles. The van der Waals surface area contributed by atoms with Gasteiger partial charge in [-0.25, -0.2) is 4.79 Å². The number of aromatic nitrogens is 3. The zero-order valence-electron chi connectivity index (χ0n) is 9.48. The van der Waals surface area contributed by atoms with Crippen molar-refractivity contribution in [2.45, 2.75) is 0 Å². The van der Waals surface area contributed by atoms with Crippen molar-refractivity contribution in [2.75, 3.05) is 5.32 Å². The van der Waals surface area contributed by atoms with E-state index < -0.39 is 5.97 Å². The average molecular weight is 276 g/mol. The van der Waals surface area contributed by atoms with Gasteiger partial charge >= 0.3 is 5.97 Å². The van der Waals surface area contributed by atoms with E-state index in [1.165, 1.54) is 41.4 Å². The third kappa shape index (κ3) is 3.68. The Morgan fingerprint density at radius 3 is 2.89 bits per heavy atom. The fourth-order valence-electron chi connectivity index (χ4n) is 1.24. The molecule has 0 spiro atoms. The highest BCUT2D eigenvalue weighted by atomic mass is 32.1. The van der Waals surface area contributed by atoms with E-state index in [-0.39, 0.29) is 5.91 Å². The smallest absolute Gasteiger partial charge is 0.328 e. The summed E-state index contributed by atoms with van der Waals surface area (Å²) in [5.74, 6) is -1.45. The second-order valence-corrected chi connectivity index (χ2v) is 4.21. The fraction of sp³-hybridized carbons (Fsp3) is 0. The number of aliphatic carboxylic acids is 1. The van der Waals surface area contributed by atoms with E-state index in [9.17, 15) is 9.59 Å². The molecule has 2 N–H and O–H groups in total. The molecule has 0 bridgehead atoms. The largest absolute Gasteiger partial charge is 0.478 e. The third-order valence-corrected chi connectivity index (χ3v) is 2.63. The van der Waals surface area contributed by atoms with Gasteiger partial charge in [0.25, 0.3) is 5.91 Å². The molecule has 7 nitrogen and oxygen atoms in total. The topological polar surface area (TPSA) is 105 Å². The molecule has 0 saturated heterocycles. The van der Waals surface area contributed by atoms with Gasteiger partial charge in [0.1, 0.15) is 5.51 Å². The van der Waals surface area contributed by atoms with Crippen LogP contribution in [0.1, 0.15) is 15.9 Å². The molecule has 0 saturated carbocycles. The van der Waals surface area contributed by atoms with Crippen LogP contribution in [0.2, 0.25) is 0 Å². The molecule has 0 aliphatic heterocycles. The van der Waals surface area contributed by atoms with Crippen molar-refractivity contribution in [1.29, 1.82) is 0 Å². The summed E-state index contributed by atoms with van der Waals surface area (Å²) in [5.41, 5.74) is 2.33. The molecule has 0 atom stereocenters. The van der Waals surface area contributed by atoms with E-state index in [0.29, 0.717) is 16.3 Å². The first-order valence-electron chi connectivity index (χ1n) is 5.09. The first-order valence-corrected chi connectivity index (χ1v) is 5.96. The average Bonchev–Trinajstić information content (AvgIpc) is 2.89. The number of carbonyl (C=O) groups is 2. The maximum absolute atomic E-state index is 11.8. The van der Waals surface area contributed by atoms with Gasteiger partial charge in [0, 0.05) is 18.5 Å². The summed E-state index contributed by atoms with van der Waals surface area (Å²) in [6.07, 6.45) is 5.18. The number of hydrogen-bond donors (Lipinski definition) is 2. The van der Waals surface area contributed by atoms with Crippen LogP contribution in [-0.2, 0) is 4.79 Å². The van der Waals surface area contributed by atoms with Crippen molar-refractivity contribution in [3.8, 4) is 0 Å². The number of carboxylic acids is 1. The number of rotatable bonds is 4. The van der Waals surface area contributed by atoms with Gasteiger partial charge in [-0.3, -0.25) is 15.1 Å². The van der Waals surface area contributed by atoms with E-state index in [0.717, 1.165) is 6.08 Å². The van der Waals surface area contributed by atoms with Crippen LogP contribution < -0.4 is 5.32 Å². The summed E-state index contributed by atoms with van der Waals surface area (Å²) in [6, 6.07) is 1.53. The SMILES string of the molecule is O=C(O)/C=C/c1cncc(C(=O)Nc2nncs2)c1. The van der Waals surface area contributed by atoms with Crippen molar-refractivity contribution in [2.24, 2.45) is 0 Å². The molecule has 1 amide bonds. The Labute approximate surface area is 111 Å². The van der Waals surface area contributed by atoms with Crippen LogP contribution in [0, 0.1) is 0 Å². The van der Waals surface area contributed by atoms with Gasteiger partial charge in [-0.1, -0.05) is 11.3 Å². The van der Waals surface area contributed by atoms with Crippen LogP contribution in [0.25, 0.3) is 6.08 Å². The highest BCUT2D eigenvalue weighted by molar-refractivity contribution is 7.13. The van der Waals surface area contributed by atoms with Gasteiger partial charge in [0.2, 0.25) is 5.13 Å². The van der Waals surface area contributed by atoms with Crippen molar-refractivity contribution in [3.63, 3.8) is 0 Å². The first kappa shape index (κ1) is 12.8. The highest BCUT2D eigenvalue weighted by Gasteiger charge is 2.08. The number of pyridine rings is 1. The minimum atomic E-state index is -1.07. The van der Waals surface area contributed by atoms with Crippen molar-refractivity contribution in [3.05, 3.63) is 41.2 Å². The zero-order chi connectivity index (χ0) is 13.7. The van der Waals surface area contributed by atoms with Gasteiger partial charge < -0.3 is 5.11 Å². The lowest BCUT2D eigenvalue weighted by atomic mass is 10.2. The molecule has 2 aromatic rings. The third-order valence-electron chi connectivity index (χ3n) is 2.02. The number of nitrogens with one attached hydrogen (secondary N) is 1. The lowest BCUT2D eigenvalue weighted by Gasteiger charge is -2.01. The Morgan fingerprint density at radius 1 is 1.37 bits per heavy atom. The summed E-state index contributed by atoms with van der Waals surface area (Å²) in [6.45, 7) is 0. The molecule has 2 rings (SSSR count). The van der Waals surface area contributed by atoms with Crippen LogP contribution in [-0.4, -0.2) is 32.2 Å². The van der Waals surface area contributed by atoms with Gasteiger partial charge in [0.05, 0.1) is 5.56 Å². The fourth-order valence-corrected chi connectivity index (χ4v) is 1.68. The minimum absolute atomic E-state index is 0.308. The maximum atomic E-state index is 11.8. The van der Waals surface area contributed by atoms with Gasteiger partial charge in [-0.05, 0) is 17.7 Å². The Kier molecular flexibility index (Phi) is 3.94. The monoisotopic (exact) mass is 276 g/mol. The van der Waals surface area contributed by atoms with Crippen molar-refractivity contribution < 1.29 is 14.7 Å². The van der Waals surface area contributed by atoms with E-state index in [4.69, 9.17) is 5.11 Å². The predicted molar refractivity (Wildman–Crippen MR) is 68.8 cm³/mol. The molecule has 0 aliphatic rings. The molecule has 0 unspecified atom stereocenters. The summed E-state index contributed by atoms with van der Waals surface area (Å²) in [4.78, 5) is 26.1. The quantitative estimate of drug-likeness (QED) is 0.815. The Balaban J connectivity index is 2.14. The molecule has 0 aromatic carbocycles. The van der Waals surface area contributed by atoms with Crippen LogP contribution in [0.5, 0.6) is 0 Å². The zero-order valence-corrected chi connectivity index (χ0v) is 10.3. The summed E-state index contributed by atoms with van der Waals surface area (Å²) < 4.78 is 0. The minimum Gasteiger partial charge on any atom is -0.478 e. The summed E-state index contributed by atoms with van der Waals surface area (Å²) in [5, 5.41) is 18.8. The maximum Gasteiger partial charge on any atom is 0.328 e. The Morgan fingerprint density at radius 2 is 2.21 bits per heavy atom. The van der Waals surface area contributed by atoms with Crippen molar-refractivity contribution >= 4 is 34.4 Å². The molecule has 0 radical (unpaired) electrons. The summed E-state index contributed by atoms with van der Waals surface area (Å²) in [7, 11) is 0. The number of anilines is 1. The Bertz CT molecular complexity index is 625. The molecule has 2 aromatic heterocycles. The van der Waals surface area contributed by atoms with Gasteiger partial charge in [-0.15, -0.1) is 10.2 Å². The molecular formula is C11H8N4O3S. The van der Waals surface area contributed by atoms with Gasteiger partial charge in [-0.2, -0.15) is 0 Å². The van der Waals surface area contributed by atoms with E-state index in [1.54, 1.807) is 0 Å². The van der Waals surface area contributed by atoms with Gasteiger partial charge in [0.15, 0.2) is 0 Å². The number of hydrogen-bond acceptors (Lipinski definition) is 6. The lowest BCUT2D eigenvalue weighted by molar-refractivity contribution is -0.131. The number of carboxylic acid groups (broad SMARTS) is 1.